The highest BCUT2D eigenvalue weighted by Gasteiger charge is 2.31. The maximum atomic E-state index is 13.0. The molecule has 3 heterocycles. The molecule has 2 aromatic heterocycles. The predicted octanol–water partition coefficient (Wildman–Crippen LogP) is 3.23. The summed E-state index contributed by atoms with van der Waals surface area (Å²) in [4.78, 5) is 26.0. The lowest BCUT2D eigenvalue weighted by molar-refractivity contribution is -0.137. The third-order valence-corrected chi connectivity index (χ3v) is 6.23. The van der Waals surface area contributed by atoms with Crippen LogP contribution in [0.4, 0.5) is 19.0 Å². The van der Waals surface area contributed by atoms with E-state index in [2.05, 4.69) is 16.8 Å². The van der Waals surface area contributed by atoms with Crippen molar-refractivity contribution in [3.05, 3.63) is 66.0 Å². The van der Waals surface area contributed by atoms with Crippen molar-refractivity contribution in [2.45, 2.75) is 38.0 Å². The monoisotopic (exact) mass is 501 g/mol. The van der Waals surface area contributed by atoms with Crippen LogP contribution >= 0.6 is 0 Å². The van der Waals surface area contributed by atoms with Gasteiger partial charge in [-0.2, -0.15) is 23.4 Å². The fourth-order valence-electron chi connectivity index (χ4n) is 4.45. The molecule has 12 heteroatoms. The van der Waals surface area contributed by atoms with Crippen molar-refractivity contribution in [1.82, 2.24) is 24.5 Å². The molecule has 4 N–H and O–H groups in total. The lowest BCUT2D eigenvalue weighted by Crippen LogP contribution is -2.30. The number of primary amides is 1. The van der Waals surface area contributed by atoms with Crippen LogP contribution in [-0.4, -0.2) is 49.4 Å². The van der Waals surface area contributed by atoms with Gasteiger partial charge in [-0.1, -0.05) is 18.7 Å². The van der Waals surface area contributed by atoms with Crippen LogP contribution in [0.3, 0.4) is 0 Å². The third-order valence-electron chi connectivity index (χ3n) is 6.23. The van der Waals surface area contributed by atoms with Gasteiger partial charge in [-0.05, 0) is 43.0 Å². The molecule has 4 rings (SSSR count). The number of carbonyl (C=O) groups excluding carboxylic acids is 2. The van der Waals surface area contributed by atoms with Crippen LogP contribution in [-0.2, 0) is 17.5 Å². The van der Waals surface area contributed by atoms with Crippen molar-refractivity contribution in [2.24, 2.45) is 5.73 Å². The number of rotatable bonds is 6. The first kappa shape index (κ1) is 25.0. The molecule has 2 amide bonds. The number of hydrogen-bond donors (Lipinski definition) is 2. The minimum Gasteiger partial charge on any atom is -0.383 e. The van der Waals surface area contributed by atoms with E-state index in [0.29, 0.717) is 37.1 Å². The van der Waals surface area contributed by atoms with Crippen molar-refractivity contribution in [1.29, 1.82) is 0 Å². The lowest BCUT2D eigenvalue weighted by atomic mass is 10.1. The number of amides is 2. The maximum Gasteiger partial charge on any atom is 0.416 e. The molecule has 0 unspecified atom stereocenters. The summed E-state index contributed by atoms with van der Waals surface area (Å²) in [6.45, 7) is 4.69. The molecule has 3 aromatic rings. The molecule has 0 spiro atoms. The molecule has 1 aliphatic rings. The van der Waals surface area contributed by atoms with Crippen molar-refractivity contribution in [2.75, 3.05) is 18.8 Å². The van der Waals surface area contributed by atoms with Crippen LogP contribution in [0.25, 0.3) is 11.3 Å². The number of hydrogen-bond acceptors (Lipinski definition) is 5. The van der Waals surface area contributed by atoms with Gasteiger partial charge in [0.05, 0.1) is 24.3 Å². The number of nitrogens with two attached hydrogens (primary N) is 2. The highest BCUT2D eigenvalue weighted by atomic mass is 19.4. The number of likely N-dealkylation sites (tertiary alicyclic amines) is 1. The molecule has 0 radical (unpaired) electrons. The summed E-state index contributed by atoms with van der Waals surface area (Å²) in [5.41, 5.74) is 12.4. The van der Waals surface area contributed by atoms with E-state index in [1.165, 1.54) is 23.0 Å². The Morgan fingerprint density at radius 3 is 2.69 bits per heavy atom. The molecule has 0 saturated carbocycles. The summed E-state index contributed by atoms with van der Waals surface area (Å²) in [5.74, 6) is -0.774. The normalized spacial score (nSPS) is 16.5. The van der Waals surface area contributed by atoms with E-state index in [4.69, 9.17) is 11.5 Å². The number of alkyl halides is 3. The van der Waals surface area contributed by atoms with E-state index in [-0.39, 0.29) is 35.6 Å². The molecule has 1 fully saturated rings. The van der Waals surface area contributed by atoms with Gasteiger partial charge in [-0.25, -0.2) is 4.68 Å². The lowest BCUT2D eigenvalue weighted by Gasteiger charge is -2.19. The molecule has 1 saturated heterocycles. The van der Waals surface area contributed by atoms with E-state index < -0.39 is 17.6 Å². The minimum atomic E-state index is -4.44. The zero-order valence-corrected chi connectivity index (χ0v) is 19.4. The van der Waals surface area contributed by atoms with Crippen LogP contribution in [0.1, 0.15) is 46.8 Å². The number of nitrogens with zero attached hydrogens (tertiary/aromatic N) is 5. The minimum absolute atomic E-state index is 0.0527. The van der Waals surface area contributed by atoms with Crippen LogP contribution in [0.2, 0.25) is 0 Å². The molecule has 1 atom stereocenters. The first-order valence-corrected chi connectivity index (χ1v) is 11.4. The average Bonchev–Trinajstić information content (AvgIpc) is 3.34. The summed E-state index contributed by atoms with van der Waals surface area (Å²) in [6, 6.07) is 4.83. The highest BCUT2D eigenvalue weighted by Crippen LogP contribution is 2.33. The maximum absolute atomic E-state index is 13.0. The van der Waals surface area contributed by atoms with Crippen LogP contribution < -0.4 is 11.5 Å². The molecule has 190 valence electrons. The van der Waals surface area contributed by atoms with Gasteiger partial charge in [0, 0.05) is 24.8 Å². The summed E-state index contributed by atoms with van der Waals surface area (Å²) >= 11 is 0. The highest BCUT2D eigenvalue weighted by molar-refractivity contribution is 6.03. The van der Waals surface area contributed by atoms with Gasteiger partial charge < -0.3 is 16.4 Å². The number of carbonyl (C=O) groups is 2. The number of nitrogen functional groups attached to an aromatic ring is 1. The molecule has 0 aliphatic carbocycles. The van der Waals surface area contributed by atoms with Gasteiger partial charge in [0.15, 0.2) is 0 Å². The van der Waals surface area contributed by atoms with E-state index >= 15 is 0 Å². The van der Waals surface area contributed by atoms with Gasteiger partial charge in [-0.15, -0.1) is 0 Å². The Morgan fingerprint density at radius 1 is 1.22 bits per heavy atom. The van der Waals surface area contributed by atoms with Crippen LogP contribution in [0.5, 0.6) is 0 Å². The second-order valence-electron chi connectivity index (χ2n) is 8.66. The number of benzene rings is 1. The second-order valence-corrected chi connectivity index (χ2v) is 8.66. The van der Waals surface area contributed by atoms with Gasteiger partial charge >= 0.3 is 6.18 Å². The Bertz CT molecular complexity index is 1300. The largest absolute Gasteiger partial charge is 0.416 e. The Hall–Kier alpha value is -4.09. The molecule has 36 heavy (non-hydrogen) atoms. The van der Waals surface area contributed by atoms with Crippen molar-refractivity contribution < 1.29 is 22.8 Å². The topological polar surface area (TPSA) is 125 Å². The second kappa shape index (κ2) is 9.88. The van der Waals surface area contributed by atoms with E-state index in [9.17, 15) is 22.8 Å². The summed E-state index contributed by atoms with van der Waals surface area (Å²) in [7, 11) is 0. The Labute approximate surface area is 205 Å². The molecule has 9 nitrogen and oxygen atoms in total. The SMILES string of the molecule is C=CC(=O)N1CCC[C@H](n2nc(-c3cnn(Cc4cccc(C(F)(F)F)c4)c3)c(C(N)=O)c2N)CC1. The van der Waals surface area contributed by atoms with Gasteiger partial charge in [0.2, 0.25) is 5.91 Å². The van der Waals surface area contributed by atoms with Crippen molar-refractivity contribution >= 4 is 17.6 Å². The third kappa shape index (κ3) is 5.11. The van der Waals surface area contributed by atoms with Gasteiger partial charge in [0.1, 0.15) is 17.1 Å². The van der Waals surface area contributed by atoms with E-state index in [0.717, 1.165) is 18.6 Å². The predicted molar refractivity (Wildman–Crippen MR) is 127 cm³/mol. The Balaban J connectivity index is 1.60. The van der Waals surface area contributed by atoms with E-state index in [1.54, 1.807) is 21.8 Å². The standard InChI is InChI=1S/C24H26F3N7O2/c1-2-19(35)32-9-4-7-18(8-10-32)34-22(28)20(23(29)36)21(31-34)16-12-30-33(14-16)13-15-5-3-6-17(11-15)24(25,26)27/h2-3,5-6,11-12,14,18H,1,4,7-10,13,28H2,(H2,29,36)/t18-/m0/s1. The van der Waals surface area contributed by atoms with Crippen molar-refractivity contribution in [3.8, 4) is 11.3 Å². The molecule has 1 aromatic carbocycles. The van der Waals surface area contributed by atoms with E-state index in [1.807, 2.05) is 0 Å². The van der Waals surface area contributed by atoms with Gasteiger partial charge in [0.25, 0.3) is 5.91 Å². The Kier molecular flexibility index (Phi) is 6.86. The quantitative estimate of drug-likeness (QED) is 0.502. The molecule has 0 bridgehead atoms. The zero-order chi connectivity index (χ0) is 26.0. The van der Waals surface area contributed by atoms with Gasteiger partial charge in [-0.3, -0.25) is 14.3 Å². The summed E-state index contributed by atoms with van der Waals surface area (Å²) in [6.07, 6.45) is 1.87. The fraction of sp³-hybridized carbons (Fsp3) is 0.333. The van der Waals surface area contributed by atoms with Crippen molar-refractivity contribution in [3.63, 3.8) is 0 Å². The summed E-state index contributed by atoms with van der Waals surface area (Å²) < 4.78 is 42.1. The van der Waals surface area contributed by atoms with Crippen LogP contribution in [0.15, 0.2) is 49.3 Å². The number of halogens is 3. The number of anilines is 1. The van der Waals surface area contributed by atoms with Crippen LogP contribution in [0, 0.1) is 0 Å². The average molecular weight is 502 g/mol. The molecular formula is C24H26F3N7O2. The first-order valence-electron chi connectivity index (χ1n) is 11.4. The Morgan fingerprint density at radius 2 is 2.00 bits per heavy atom. The fourth-order valence-corrected chi connectivity index (χ4v) is 4.45. The first-order chi connectivity index (χ1) is 17.1. The zero-order valence-electron chi connectivity index (χ0n) is 19.4. The molecule has 1 aliphatic heterocycles. The number of aromatic nitrogens is 4. The summed E-state index contributed by atoms with van der Waals surface area (Å²) in [5, 5.41) is 8.81. The molecular weight excluding hydrogens is 475 g/mol. The smallest absolute Gasteiger partial charge is 0.383 e.